The lowest BCUT2D eigenvalue weighted by molar-refractivity contribution is 0.00578. The van der Waals surface area contributed by atoms with Crippen LogP contribution in [0.3, 0.4) is 0 Å². The topological polar surface area (TPSA) is 88.0 Å². The zero-order chi connectivity index (χ0) is 18.1. The zero-order valence-electron chi connectivity index (χ0n) is 14.7. The van der Waals surface area contributed by atoms with Crippen LogP contribution in [0.5, 0.6) is 5.75 Å². The van der Waals surface area contributed by atoms with Crippen molar-refractivity contribution in [1.82, 2.24) is 5.32 Å². The van der Waals surface area contributed by atoms with Gasteiger partial charge in [0, 0.05) is 12.1 Å². The highest BCUT2D eigenvalue weighted by Crippen LogP contribution is 2.39. The van der Waals surface area contributed by atoms with Gasteiger partial charge in [-0.25, -0.2) is 4.79 Å². The van der Waals surface area contributed by atoms with Gasteiger partial charge in [-0.3, -0.25) is 0 Å². The van der Waals surface area contributed by atoms with E-state index in [2.05, 4.69) is 5.32 Å². The molecule has 1 aromatic carbocycles. The molecule has 0 aliphatic carbocycles. The summed E-state index contributed by atoms with van der Waals surface area (Å²) in [5.74, 6) is -1.18. The minimum Gasteiger partial charge on any atom is -0.507 e. The fraction of sp³-hybridized carbons (Fsp3) is 0.471. The van der Waals surface area contributed by atoms with E-state index in [4.69, 9.17) is 14.4 Å². The van der Waals surface area contributed by atoms with Crippen molar-refractivity contribution in [3.05, 3.63) is 34.8 Å². The summed E-state index contributed by atoms with van der Waals surface area (Å²) < 4.78 is 12.1. The van der Waals surface area contributed by atoms with Crippen molar-refractivity contribution in [3.8, 4) is 5.75 Å². The molecule has 1 aliphatic rings. The summed E-state index contributed by atoms with van der Waals surface area (Å²) in [7, 11) is 1.27. The predicted octanol–water partition coefficient (Wildman–Crippen LogP) is 2.32. The highest BCUT2D eigenvalue weighted by Gasteiger charge is 2.52. The number of carbonyl (C=O) groups is 1. The van der Waals surface area contributed by atoms with Crippen molar-refractivity contribution >= 4 is 19.2 Å². The number of aromatic carboxylic acids is 1. The van der Waals surface area contributed by atoms with Crippen LogP contribution in [-0.4, -0.2) is 48.1 Å². The van der Waals surface area contributed by atoms with Crippen LogP contribution in [0.15, 0.2) is 23.7 Å². The lowest BCUT2D eigenvalue weighted by Crippen LogP contribution is -2.41. The Morgan fingerprint density at radius 3 is 2.29 bits per heavy atom. The zero-order valence-corrected chi connectivity index (χ0v) is 14.7. The quantitative estimate of drug-likeness (QED) is 0.717. The molecule has 24 heavy (non-hydrogen) atoms. The third-order valence-corrected chi connectivity index (χ3v) is 4.56. The Bertz CT molecular complexity index is 653. The van der Waals surface area contributed by atoms with Crippen LogP contribution in [0.25, 0.3) is 6.08 Å². The largest absolute Gasteiger partial charge is 0.507 e. The van der Waals surface area contributed by atoms with Crippen LogP contribution in [0.4, 0.5) is 0 Å². The molecule has 1 saturated heterocycles. The number of carboxylic acid groups (broad SMARTS) is 1. The van der Waals surface area contributed by atoms with Crippen LogP contribution < -0.4 is 5.32 Å². The van der Waals surface area contributed by atoms with Gasteiger partial charge in [0.15, 0.2) is 0 Å². The number of phenols is 1. The third-order valence-electron chi connectivity index (χ3n) is 4.56. The smallest absolute Gasteiger partial charge is 0.491 e. The van der Waals surface area contributed by atoms with E-state index in [1.54, 1.807) is 12.1 Å². The van der Waals surface area contributed by atoms with Gasteiger partial charge in [0.05, 0.1) is 16.8 Å². The van der Waals surface area contributed by atoms with Gasteiger partial charge in [0.2, 0.25) is 0 Å². The van der Waals surface area contributed by atoms with Gasteiger partial charge < -0.3 is 24.8 Å². The molecule has 0 amide bonds. The van der Waals surface area contributed by atoms with Gasteiger partial charge in [0.1, 0.15) is 5.75 Å². The number of carboxylic acids is 1. The monoisotopic (exact) mass is 333 g/mol. The number of hydrogen-bond donors (Lipinski definition) is 3. The first-order chi connectivity index (χ1) is 11.1. The first kappa shape index (κ1) is 18.5. The molecule has 0 saturated carbocycles. The van der Waals surface area contributed by atoms with E-state index in [1.807, 2.05) is 34.7 Å². The summed E-state index contributed by atoms with van der Waals surface area (Å²) in [4.78, 5) is 11.0. The van der Waals surface area contributed by atoms with Crippen LogP contribution in [0.2, 0.25) is 0 Å². The first-order valence-electron chi connectivity index (χ1n) is 7.84. The Hall–Kier alpha value is -1.83. The van der Waals surface area contributed by atoms with Crippen LogP contribution in [0.1, 0.15) is 43.6 Å². The summed E-state index contributed by atoms with van der Waals surface area (Å²) in [6, 6.07) is 4.25. The highest BCUT2D eigenvalue weighted by molar-refractivity contribution is 6.56. The van der Waals surface area contributed by atoms with Crippen LogP contribution >= 0.6 is 0 Å². The van der Waals surface area contributed by atoms with Crippen LogP contribution in [-0.2, 0) is 9.31 Å². The number of likely N-dealkylation sites (N-methyl/N-ethyl adjacent to an activating group) is 1. The number of nitrogens with one attached hydrogen (secondary N) is 1. The molecular weight excluding hydrogens is 309 g/mol. The molecule has 3 N–H and O–H groups in total. The SMILES string of the molecule is CNCC(=Cc1ccc(C(=O)O)cc1O)B1OC(C)(C)C(C)(C)O1. The maximum absolute atomic E-state index is 11.0. The van der Waals surface area contributed by atoms with Crippen molar-refractivity contribution < 1.29 is 24.3 Å². The lowest BCUT2D eigenvalue weighted by atomic mass is 9.77. The predicted molar refractivity (Wildman–Crippen MR) is 93.1 cm³/mol. The van der Waals surface area contributed by atoms with Gasteiger partial charge in [-0.05, 0) is 52.3 Å². The highest BCUT2D eigenvalue weighted by atomic mass is 16.7. The van der Waals surface area contributed by atoms with E-state index < -0.39 is 24.3 Å². The van der Waals surface area contributed by atoms with Gasteiger partial charge in [-0.15, -0.1) is 0 Å². The molecule has 1 aliphatic heterocycles. The number of phenolic OH excluding ortho intramolecular Hbond substituents is 1. The minimum atomic E-state index is -1.08. The third kappa shape index (κ3) is 3.63. The molecule has 1 aromatic rings. The van der Waals surface area contributed by atoms with Crippen LogP contribution in [0, 0.1) is 0 Å². The summed E-state index contributed by atoms with van der Waals surface area (Å²) in [5.41, 5.74) is 0.448. The maximum atomic E-state index is 11.0. The summed E-state index contributed by atoms with van der Waals surface area (Å²) in [6.07, 6.45) is 1.76. The van der Waals surface area contributed by atoms with Crippen molar-refractivity contribution in [2.24, 2.45) is 0 Å². The molecule has 1 heterocycles. The Labute approximate surface area is 142 Å². The van der Waals surface area contributed by atoms with E-state index in [-0.39, 0.29) is 11.3 Å². The van der Waals surface area contributed by atoms with Gasteiger partial charge in [-0.1, -0.05) is 12.1 Å². The van der Waals surface area contributed by atoms with E-state index in [0.29, 0.717) is 12.1 Å². The average Bonchev–Trinajstić information content (AvgIpc) is 2.68. The number of hydrogen-bond acceptors (Lipinski definition) is 5. The van der Waals surface area contributed by atoms with E-state index in [1.165, 1.54) is 12.1 Å². The number of rotatable bonds is 5. The summed E-state index contributed by atoms with van der Waals surface area (Å²) in [6.45, 7) is 8.41. The molecule has 0 atom stereocenters. The lowest BCUT2D eigenvalue weighted by Gasteiger charge is -2.32. The van der Waals surface area contributed by atoms with Gasteiger partial charge in [0.25, 0.3) is 0 Å². The Morgan fingerprint density at radius 2 is 1.83 bits per heavy atom. The molecule has 130 valence electrons. The van der Waals surface area contributed by atoms with Crippen molar-refractivity contribution in [2.75, 3.05) is 13.6 Å². The molecule has 0 unspecified atom stereocenters. The Morgan fingerprint density at radius 1 is 1.25 bits per heavy atom. The van der Waals surface area contributed by atoms with Crippen molar-refractivity contribution in [1.29, 1.82) is 0 Å². The van der Waals surface area contributed by atoms with Crippen molar-refractivity contribution in [3.63, 3.8) is 0 Å². The molecular formula is C17H24BNO5. The van der Waals surface area contributed by atoms with E-state index in [9.17, 15) is 9.90 Å². The fourth-order valence-electron chi connectivity index (χ4n) is 2.40. The molecule has 2 rings (SSSR count). The van der Waals surface area contributed by atoms with E-state index >= 15 is 0 Å². The maximum Gasteiger partial charge on any atom is 0.491 e. The summed E-state index contributed by atoms with van der Waals surface area (Å²) >= 11 is 0. The molecule has 6 nitrogen and oxygen atoms in total. The van der Waals surface area contributed by atoms with Crippen molar-refractivity contribution in [2.45, 2.75) is 38.9 Å². The average molecular weight is 333 g/mol. The fourth-order valence-corrected chi connectivity index (χ4v) is 2.40. The summed E-state index contributed by atoms with van der Waals surface area (Å²) in [5, 5.41) is 22.1. The Kier molecular flexibility index (Phi) is 5.08. The molecule has 7 heteroatoms. The normalized spacial score (nSPS) is 19.5. The molecule has 0 radical (unpaired) electrons. The number of aromatic hydroxyl groups is 1. The first-order valence-corrected chi connectivity index (χ1v) is 7.84. The molecule has 1 fully saturated rings. The van der Waals surface area contributed by atoms with Gasteiger partial charge >= 0.3 is 13.1 Å². The molecule has 0 bridgehead atoms. The van der Waals surface area contributed by atoms with Gasteiger partial charge in [-0.2, -0.15) is 0 Å². The second-order valence-corrected chi connectivity index (χ2v) is 6.92. The number of benzene rings is 1. The minimum absolute atomic E-state index is 0.0375. The second kappa shape index (κ2) is 6.59. The second-order valence-electron chi connectivity index (χ2n) is 6.92. The molecule has 0 spiro atoms. The molecule has 0 aromatic heterocycles. The Balaban J connectivity index is 2.35. The van der Waals surface area contributed by atoms with E-state index in [0.717, 1.165) is 5.47 Å². The standard InChI is InChI=1S/C17H24BNO5/c1-16(2)17(3,4)24-18(23-16)13(10-19-5)8-11-6-7-12(15(21)22)9-14(11)20/h6-9,19-20H,10H2,1-5H3,(H,21,22).